The summed E-state index contributed by atoms with van der Waals surface area (Å²) in [6.07, 6.45) is 0.778. The van der Waals surface area contributed by atoms with E-state index in [4.69, 9.17) is 4.74 Å². The minimum Gasteiger partial charge on any atom is -0.406 e. The molecule has 0 aliphatic heterocycles. The number of esters is 1. The molecule has 0 atom stereocenters. The Morgan fingerprint density at radius 2 is 1.68 bits per heavy atom. The highest BCUT2D eigenvalue weighted by atomic mass is 32.2. The first-order chi connectivity index (χ1) is 13.3. The van der Waals surface area contributed by atoms with Gasteiger partial charge in [0.1, 0.15) is 0 Å². The zero-order chi connectivity index (χ0) is 20.3. The fourth-order valence-electron chi connectivity index (χ4n) is 2.83. The quantitative estimate of drug-likeness (QED) is 0.586. The zero-order valence-corrected chi connectivity index (χ0v) is 16.9. The van der Waals surface area contributed by atoms with Crippen molar-refractivity contribution in [1.29, 1.82) is 0 Å². The van der Waals surface area contributed by atoms with Gasteiger partial charge in [0.25, 0.3) is 0 Å². The van der Waals surface area contributed by atoms with Crippen molar-refractivity contribution in [3.63, 3.8) is 0 Å². The van der Waals surface area contributed by atoms with Crippen LogP contribution in [0.25, 0.3) is 5.69 Å². The van der Waals surface area contributed by atoms with Crippen molar-refractivity contribution in [2.75, 3.05) is 0 Å². The standard InChI is InChI=1S/C21H22N2O4S/c1-4-8-19(24)27-21-20(28(25,26)18-13-11-15(2)12-14-18)16(3)22-23(21)17-9-6-5-7-10-17/h5-7,9-14H,4,8H2,1-3H3. The Morgan fingerprint density at radius 1 is 1.04 bits per heavy atom. The molecule has 0 aliphatic carbocycles. The number of aryl methyl sites for hydroxylation is 2. The van der Waals surface area contributed by atoms with Crippen molar-refractivity contribution in [3.8, 4) is 11.6 Å². The Morgan fingerprint density at radius 3 is 2.29 bits per heavy atom. The van der Waals surface area contributed by atoms with E-state index in [1.807, 2.05) is 19.9 Å². The van der Waals surface area contributed by atoms with E-state index in [1.165, 1.54) is 4.68 Å². The van der Waals surface area contributed by atoms with Gasteiger partial charge in [-0.1, -0.05) is 42.8 Å². The fourth-order valence-corrected chi connectivity index (χ4v) is 4.35. The SMILES string of the molecule is CCCC(=O)Oc1c(S(=O)(=O)c2ccc(C)cc2)c(C)nn1-c1ccccc1. The third kappa shape index (κ3) is 3.84. The first-order valence-corrected chi connectivity index (χ1v) is 10.5. The molecule has 28 heavy (non-hydrogen) atoms. The number of aromatic nitrogens is 2. The number of rotatable bonds is 6. The van der Waals surface area contributed by atoms with Crippen molar-refractivity contribution < 1.29 is 17.9 Å². The Kier molecular flexibility index (Phi) is 5.65. The second-order valence-electron chi connectivity index (χ2n) is 6.51. The Bertz CT molecular complexity index is 1090. The van der Waals surface area contributed by atoms with Gasteiger partial charge in [0.05, 0.1) is 16.3 Å². The summed E-state index contributed by atoms with van der Waals surface area (Å²) < 4.78 is 33.5. The molecule has 3 rings (SSSR count). The summed E-state index contributed by atoms with van der Waals surface area (Å²) >= 11 is 0. The predicted molar refractivity (Wildman–Crippen MR) is 105 cm³/mol. The predicted octanol–water partition coefficient (Wildman–Crippen LogP) is 4.03. The summed E-state index contributed by atoms with van der Waals surface area (Å²) in [5, 5.41) is 4.36. The van der Waals surface area contributed by atoms with Crippen LogP contribution in [-0.4, -0.2) is 24.2 Å². The molecule has 1 heterocycles. The summed E-state index contributed by atoms with van der Waals surface area (Å²) in [5.74, 6) is -0.581. The normalized spacial score (nSPS) is 11.4. The van der Waals surface area contributed by atoms with Gasteiger partial charge in [-0.3, -0.25) is 4.79 Å². The first-order valence-electron chi connectivity index (χ1n) is 9.02. The summed E-state index contributed by atoms with van der Waals surface area (Å²) in [6, 6.07) is 15.5. The van der Waals surface area contributed by atoms with Gasteiger partial charge in [-0.15, -0.1) is 0 Å². The number of carbonyl (C=O) groups is 1. The molecule has 6 nitrogen and oxygen atoms in total. The highest BCUT2D eigenvalue weighted by Gasteiger charge is 2.31. The third-order valence-electron chi connectivity index (χ3n) is 4.23. The minimum absolute atomic E-state index is 0.0808. The van der Waals surface area contributed by atoms with Crippen LogP contribution in [0.15, 0.2) is 64.4 Å². The Balaban J connectivity index is 2.21. The maximum atomic E-state index is 13.3. The Hall–Kier alpha value is -2.93. The topological polar surface area (TPSA) is 78.3 Å². The number of carbonyl (C=O) groups excluding carboxylic acids is 1. The van der Waals surface area contributed by atoms with Gasteiger partial charge in [-0.25, -0.2) is 8.42 Å². The summed E-state index contributed by atoms with van der Waals surface area (Å²) in [7, 11) is -3.93. The van der Waals surface area contributed by atoms with Gasteiger partial charge < -0.3 is 4.74 Å². The monoisotopic (exact) mass is 398 g/mol. The van der Waals surface area contributed by atoms with Crippen LogP contribution in [0.2, 0.25) is 0 Å². The third-order valence-corrected chi connectivity index (χ3v) is 6.13. The molecule has 2 aromatic carbocycles. The van der Waals surface area contributed by atoms with Crippen molar-refractivity contribution in [1.82, 2.24) is 9.78 Å². The minimum atomic E-state index is -3.93. The molecule has 0 amide bonds. The molecule has 0 bridgehead atoms. The van der Waals surface area contributed by atoms with Crippen molar-refractivity contribution in [2.45, 2.75) is 43.4 Å². The molecule has 0 fully saturated rings. The van der Waals surface area contributed by atoms with Crippen molar-refractivity contribution >= 4 is 15.8 Å². The lowest BCUT2D eigenvalue weighted by Crippen LogP contribution is -2.13. The first kappa shape index (κ1) is 19.8. The van der Waals surface area contributed by atoms with Crippen LogP contribution in [0.5, 0.6) is 5.88 Å². The van der Waals surface area contributed by atoms with Crippen LogP contribution in [0, 0.1) is 13.8 Å². The van der Waals surface area contributed by atoms with Crippen LogP contribution in [-0.2, 0) is 14.6 Å². The fraction of sp³-hybridized carbons (Fsp3) is 0.238. The van der Waals surface area contributed by atoms with Gasteiger partial charge in [-0.2, -0.15) is 9.78 Å². The van der Waals surface area contributed by atoms with Gasteiger partial charge in [-0.05, 0) is 44.5 Å². The Labute approximate surface area is 164 Å². The second-order valence-corrected chi connectivity index (χ2v) is 8.39. The van der Waals surface area contributed by atoms with Crippen LogP contribution in [0.4, 0.5) is 0 Å². The molecule has 0 spiro atoms. The maximum absolute atomic E-state index is 13.3. The lowest BCUT2D eigenvalue weighted by atomic mass is 10.2. The number of sulfone groups is 1. The van der Waals surface area contributed by atoms with Crippen LogP contribution in [0.1, 0.15) is 31.0 Å². The summed E-state index contributed by atoms with van der Waals surface area (Å²) in [6.45, 7) is 5.33. The lowest BCUT2D eigenvalue weighted by molar-refractivity contribution is -0.134. The van der Waals surface area contributed by atoms with E-state index in [0.29, 0.717) is 12.1 Å². The van der Waals surface area contributed by atoms with Gasteiger partial charge >= 0.3 is 5.97 Å². The van der Waals surface area contributed by atoms with Gasteiger partial charge in [0.15, 0.2) is 4.90 Å². The van der Waals surface area contributed by atoms with E-state index >= 15 is 0 Å². The van der Waals surface area contributed by atoms with Crippen LogP contribution < -0.4 is 4.74 Å². The molecule has 7 heteroatoms. The van der Waals surface area contributed by atoms with E-state index in [0.717, 1.165) is 5.56 Å². The number of hydrogen-bond acceptors (Lipinski definition) is 5. The average Bonchev–Trinajstić information content (AvgIpc) is 2.99. The molecule has 0 aliphatic rings. The molecule has 0 N–H and O–H groups in total. The molecule has 0 unspecified atom stereocenters. The molecule has 1 aromatic heterocycles. The molecule has 0 saturated carbocycles. The van der Waals surface area contributed by atoms with Crippen molar-refractivity contribution in [3.05, 3.63) is 65.9 Å². The van der Waals surface area contributed by atoms with E-state index in [1.54, 1.807) is 55.5 Å². The number of hydrogen-bond donors (Lipinski definition) is 0. The number of benzene rings is 2. The number of para-hydroxylation sites is 1. The number of nitrogens with zero attached hydrogens (tertiary/aromatic N) is 2. The second kappa shape index (κ2) is 7.98. The summed E-state index contributed by atoms with van der Waals surface area (Å²) in [4.78, 5) is 12.2. The highest BCUT2D eigenvalue weighted by Crippen LogP contribution is 2.34. The molecule has 0 radical (unpaired) electrons. The van der Waals surface area contributed by atoms with Crippen LogP contribution >= 0.6 is 0 Å². The molecule has 0 saturated heterocycles. The largest absolute Gasteiger partial charge is 0.406 e. The summed E-state index contributed by atoms with van der Waals surface area (Å²) in [5.41, 5.74) is 1.82. The highest BCUT2D eigenvalue weighted by molar-refractivity contribution is 7.91. The smallest absolute Gasteiger partial charge is 0.312 e. The molecular formula is C21H22N2O4S. The van der Waals surface area contributed by atoms with E-state index in [2.05, 4.69) is 5.10 Å². The van der Waals surface area contributed by atoms with E-state index in [-0.39, 0.29) is 27.8 Å². The van der Waals surface area contributed by atoms with Crippen LogP contribution in [0.3, 0.4) is 0 Å². The number of ether oxygens (including phenoxy) is 1. The molecule has 146 valence electrons. The zero-order valence-electron chi connectivity index (χ0n) is 16.0. The maximum Gasteiger partial charge on any atom is 0.312 e. The van der Waals surface area contributed by atoms with E-state index in [9.17, 15) is 13.2 Å². The lowest BCUT2D eigenvalue weighted by Gasteiger charge is -2.11. The molecular weight excluding hydrogens is 376 g/mol. The van der Waals surface area contributed by atoms with Crippen molar-refractivity contribution in [2.24, 2.45) is 0 Å². The average molecular weight is 398 g/mol. The van der Waals surface area contributed by atoms with E-state index < -0.39 is 15.8 Å². The van der Waals surface area contributed by atoms with Gasteiger partial charge in [0.2, 0.25) is 15.7 Å². The molecule has 3 aromatic rings. The van der Waals surface area contributed by atoms with Gasteiger partial charge in [0, 0.05) is 6.42 Å².